The van der Waals surface area contributed by atoms with Crippen molar-refractivity contribution in [3.63, 3.8) is 0 Å². The first-order chi connectivity index (χ1) is 18.3. The van der Waals surface area contributed by atoms with E-state index in [9.17, 15) is 25.2 Å². The minimum absolute atomic E-state index is 0.0392. The Morgan fingerprint density at radius 3 is 2.46 bits per heavy atom. The summed E-state index contributed by atoms with van der Waals surface area (Å²) in [6.45, 7) is 8.87. The first-order valence-corrected chi connectivity index (χ1v) is 16.0. The molecule has 0 radical (unpaired) electrons. The van der Waals surface area contributed by atoms with Gasteiger partial charge >= 0.3 is 0 Å². The van der Waals surface area contributed by atoms with E-state index >= 15 is 0 Å². The Hall–Kier alpha value is -0.790. The third-order valence-corrected chi connectivity index (χ3v) is 13.6. The van der Waals surface area contributed by atoms with Gasteiger partial charge in [-0.05, 0) is 98.5 Å². The van der Waals surface area contributed by atoms with Crippen LogP contribution in [0.5, 0.6) is 0 Å². The number of rotatable bonds is 4. The van der Waals surface area contributed by atoms with Crippen molar-refractivity contribution in [1.29, 1.82) is 0 Å². The highest BCUT2D eigenvalue weighted by atomic mass is 16.5. The number of ether oxygens (including phenoxy) is 1. The summed E-state index contributed by atoms with van der Waals surface area (Å²) >= 11 is 0. The molecule has 6 nitrogen and oxygen atoms in total. The number of hydrogen-bond donors (Lipinski definition) is 4. The maximum Gasteiger partial charge on any atom is 0.159 e. The second kappa shape index (κ2) is 9.62. The number of allylic oxidation sites excluding steroid dienone is 1. The molecule has 0 amide bonds. The van der Waals surface area contributed by atoms with E-state index in [0.29, 0.717) is 44.1 Å². The van der Waals surface area contributed by atoms with Gasteiger partial charge < -0.3 is 25.2 Å². The Bertz CT molecular complexity index is 1000. The minimum atomic E-state index is -1.42. The Morgan fingerprint density at radius 2 is 1.74 bits per heavy atom. The molecule has 6 heteroatoms. The highest BCUT2D eigenvalue weighted by Gasteiger charge is 2.69. The maximum absolute atomic E-state index is 13.4. The second-order valence-corrected chi connectivity index (χ2v) is 15.3. The molecule has 220 valence electrons. The predicted molar refractivity (Wildman–Crippen MR) is 149 cm³/mol. The van der Waals surface area contributed by atoms with Gasteiger partial charge in [0.05, 0.1) is 30.0 Å². The highest BCUT2D eigenvalue weighted by Crippen LogP contribution is 2.68. The van der Waals surface area contributed by atoms with Gasteiger partial charge in [-0.25, -0.2) is 0 Å². The van der Waals surface area contributed by atoms with E-state index in [1.54, 1.807) is 13.0 Å². The molecule has 39 heavy (non-hydrogen) atoms. The Kier molecular flexibility index (Phi) is 6.99. The van der Waals surface area contributed by atoms with Crippen molar-refractivity contribution in [2.45, 2.75) is 134 Å². The summed E-state index contributed by atoms with van der Waals surface area (Å²) in [7, 11) is 0. The van der Waals surface area contributed by atoms with Crippen molar-refractivity contribution in [2.75, 3.05) is 6.61 Å². The lowest BCUT2D eigenvalue weighted by molar-refractivity contribution is -0.193. The van der Waals surface area contributed by atoms with Crippen molar-refractivity contribution < 1.29 is 30.0 Å². The number of carbonyl (C=O) groups is 1. The number of fused-ring (bicyclic) bond motifs is 5. The van der Waals surface area contributed by atoms with Crippen LogP contribution in [0.15, 0.2) is 11.6 Å². The number of carbonyl (C=O) groups excluding carboxylic acids is 1. The van der Waals surface area contributed by atoms with Crippen LogP contribution in [0.3, 0.4) is 0 Å². The van der Waals surface area contributed by atoms with Crippen molar-refractivity contribution in [1.82, 2.24) is 0 Å². The second-order valence-electron chi connectivity index (χ2n) is 15.3. The molecule has 12 atom stereocenters. The summed E-state index contributed by atoms with van der Waals surface area (Å²) < 4.78 is 6.26. The van der Waals surface area contributed by atoms with Gasteiger partial charge in [0.25, 0.3) is 0 Å². The third-order valence-electron chi connectivity index (χ3n) is 13.6. The Labute approximate surface area is 234 Å². The smallest absolute Gasteiger partial charge is 0.159 e. The van der Waals surface area contributed by atoms with E-state index in [1.165, 1.54) is 32.1 Å². The van der Waals surface area contributed by atoms with E-state index in [0.717, 1.165) is 24.8 Å². The van der Waals surface area contributed by atoms with Crippen LogP contribution < -0.4 is 0 Å². The monoisotopic (exact) mass is 544 g/mol. The molecule has 4 N–H and O–H groups in total. The molecule has 0 aromatic heterocycles. The van der Waals surface area contributed by atoms with Gasteiger partial charge in [0, 0.05) is 11.3 Å². The van der Waals surface area contributed by atoms with Gasteiger partial charge in [0.1, 0.15) is 6.10 Å². The zero-order chi connectivity index (χ0) is 28.0. The van der Waals surface area contributed by atoms with Crippen LogP contribution in [-0.4, -0.2) is 62.3 Å². The molecule has 0 spiro atoms. The molecule has 6 rings (SSSR count). The first kappa shape index (κ1) is 28.3. The van der Waals surface area contributed by atoms with Crippen LogP contribution in [0.25, 0.3) is 0 Å². The first-order valence-electron chi connectivity index (χ1n) is 16.0. The normalized spacial score (nSPS) is 50.9. The van der Waals surface area contributed by atoms with Crippen LogP contribution >= 0.6 is 0 Å². The molecule has 1 saturated heterocycles. The standard InChI is InChI=1S/C33H52O6/c1-19-22(20-8-6-5-7-9-20)18-39-28(19)29(36)32(4,37)27-12-15-33(38)24-17-26(35)25-16-21(34)10-13-30(25,2)23(24)11-14-31(27,33)3/h17,19-23,25,27-29,34,36-38H,5-16,18H2,1-4H3. The average molecular weight is 545 g/mol. The van der Waals surface area contributed by atoms with Crippen molar-refractivity contribution in [3.8, 4) is 0 Å². The lowest BCUT2D eigenvalue weighted by Gasteiger charge is -2.60. The summed E-state index contributed by atoms with van der Waals surface area (Å²) in [5.41, 5.74) is -2.66. The fourth-order valence-corrected chi connectivity index (χ4v) is 11.1. The zero-order valence-electron chi connectivity index (χ0n) is 24.6. The number of hydrogen-bond acceptors (Lipinski definition) is 6. The van der Waals surface area contributed by atoms with Crippen LogP contribution in [-0.2, 0) is 9.53 Å². The largest absolute Gasteiger partial charge is 0.393 e. The summed E-state index contributed by atoms with van der Waals surface area (Å²) in [5.74, 6) is 0.880. The van der Waals surface area contributed by atoms with E-state index in [1.807, 2.05) is 0 Å². The number of aliphatic hydroxyl groups excluding tert-OH is 2. The van der Waals surface area contributed by atoms with Crippen molar-refractivity contribution in [2.24, 2.45) is 46.3 Å². The quantitative estimate of drug-likeness (QED) is 0.413. The molecule has 1 heterocycles. The molecule has 4 saturated carbocycles. The van der Waals surface area contributed by atoms with Crippen LogP contribution in [0.1, 0.15) is 105 Å². The van der Waals surface area contributed by atoms with E-state index in [2.05, 4.69) is 20.8 Å². The zero-order valence-corrected chi connectivity index (χ0v) is 24.6. The summed E-state index contributed by atoms with van der Waals surface area (Å²) in [6, 6.07) is 0. The Morgan fingerprint density at radius 1 is 1.03 bits per heavy atom. The fraction of sp³-hybridized carbons (Fsp3) is 0.909. The van der Waals surface area contributed by atoms with Gasteiger partial charge in [-0.1, -0.05) is 52.9 Å². The fourth-order valence-electron chi connectivity index (χ4n) is 11.1. The van der Waals surface area contributed by atoms with Gasteiger partial charge in [0.15, 0.2) is 5.78 Å². The summed E-state index contributed by atoms with van der Waals surface area (Å²) in [4.78, 5) is 13.4. The molecular formula is C33H52O6. The average Bonchev–Trinajstić information content (AvgIpc) is 3.42. The number of ketones is 1. The minimum Gasteiger partial charge on any atom is -0.393 e. The van der Waals surface area contributed by atoms with Gasteiger partial charge in [-0.15, -0.1) is 0 Å². The van der Waals surface area contributed by atoms with Gasteiger partial charge in [0.2, 0.25) is 0 Å². The molecular weight excluding hydrogens is 492 g/mol. The molecule has 1 aliphatic heterocycles. The molecule has 0 bridgehead atoms. The molecule has 12 unspecified atom stereocenters. The molecule has 5 fully saturated rings. The SMILES string of the molecule is CC1C(C2CCCCC2)COC1C(O)C(C)(O)C1CCC2(O)C3=CC(=O)C4CC(O)CCC4(C)C3CCC12C. The molecule has 0 aromatic rings. The maximum atomic E-state index is 13.4. The van der Waals surface area contributed by atoms with Crippen LogP contribution in [0.2, 0.25) is 0 Å². The molecule has 5 aliphatic carbocycles. The molecule has 6 aliphatic rings. The van der Waals surface area contributed by atoms with E-state index < -0.39 is 34.9 Å². The van der Waals surface area contributed by atoms with Crippen molar-refractivity contribution in [3.05, 3.63) is 11.6 Å². The van der Waals surface area contributed by atoms with E-state index in [4.69, 9.17) is 4.74 Å². The third kappa shape index (κ3) is 4.01. The van der Waals surface area contributed by atoms with Crippen molar-refractivity contribution >= 4 is 5.78 Å². The predicted octanol–water partition coefficient (Wildman–Crippen LogP) is 4.56. The molecule has 0 aromatic carbocycles. The van der Waals surface area contributed by atoms with Gasteiger partial charge in [-0.3, -0.25) is 4.79 Å². The van der Waals surface area contributed by atoms with Crippen LogP contribution in [0.4, 0.5) is 0 Å². The summed E-state index contributed by atoms with van der Waals surface area (Å²) in [6.07, 6.45) is 10.9. The lowest BCUT2D eigenvalue weighted by Crippen LogP contribution is -2.63. The highest BCUT2D eigenvalue weighted by molar-refractivity contribution is 5.95. The summed E-state index contributed by atoms with van der Waals surface area (Å²) in [5, 5.41) is 46.7. The van der Waals surface area contributed by atoms with Crippen LogP contribution in [0, 0.1) is 46.3 Å². The lowest BCUT2D eigenvalue weighted by atomic mass is 9.46. The number of aliphatic hydroxyl groups is 4. The van der Waals surface area contributed by atoms with E-state index in [-0.39, 0.29) is 34.9 Å². The Balaban J connectivity index is 1.26. The van der Waals surface area contributed by atoms with Gasteiger partial charge in [-0.2, -0.15) is 0 Å². The topological polar surface area (TPSA) is 107 Å².